The molecule has 2 unspecified atom stereocenters. The van der Waals surface area contributed by atoms with Crippen LogP contribution in [0, 0.1) is 11.8 Å². The zero-order valence-corrected chi connectivity index (χ0v) is 11.4. The molecule has 0 aromatic heterocycles. The molecule has 1 aliphatic carbocycles. The summed E-state index contributed by atoms with van der Waals surface area (Å²) < 4.78 is 0. The highest BCUT2D eigenvalue weighted by Gasteiger charge is 2.20. The fraction of sp³-hybridized carbons (Fsp3) is 0.929. The molecule has 1 aliphatic rings. The van der Waals surface area contributed by atoms with Gasteiger partial charge >= 0.3 is 0 Å². The molecule has 17 heavy (non-hydrogen) atoms. The highest BCUT2D eigenvalue weighted by Crippen LogP contribution is 2.27. The number of hydrogen-bond donors (Lipinski definition) is 2. The van der Waals surface area contributed by atoms with Crippen molar-refractivity contribution < 1.29 is 4.79 Å². The van der Waals surface area contributed by atoms with Gasteiger partial charge in [0.05, 0.1) is 6.04 Å². The van der Waals surface area contributed by atoms with Crippen LogP contribution in [-0.4, -0.2) is 18.5 Å². The van der Waals surface area contributed by atoms with Gasteiger partial charge in [0.2, 0.25) is 5.91 Å². The number of carbonyl (C=O) groups excluding carboxylic acids is 1. The second-order valence-corrected chi connectivity index (χ2v) is 5.63. The lowest BCUT2D eigenvalue weighted by Crippen LogP contribution is -2.42. The standard InChI is InChI=1S/C14H28N2O/c1-3-4-8-13(15)14(17)16-10-12-7-5-6-11(2)9-12/h11-13H,3-10,15H2,1-2H3,(H,16,17)/t11?,12?,13-/m0/s1. The molecule has 0 aromatic carbocycles. The molecular weight excluding hydrogens is 212 g/mol. The monoisotopic (exact) mass is 240 g/mol. The van der Waals surface area contributed by atoms with Crippen molar-refractivity contribution in [2.24, 2.45) is 17.6 Å². The minimum atomic E-state index is -0.309. The average Bonchev–Trinajstić information content (AvgIpc) is 2.33. The van der Waals surface area contributed by atoms with Crippen LogP contribution in [0.4, 0.5) is 0 Å². The van der Waals surface area contributed by atoms with Crippen LogP contribution in [0.2, 0.25) is 0 Å². The normalized spacial score (nSPS) is 26.5. The first-order chi connectivity index (χ1) is 8.13. The smallest absolute Gasteiger partial charge is 0.236 e. The fourth-order valence-corrected chi connectivity index (χ4v) is 2.68. The molecule has 3 atom stereocenters. The van der Waals surface area contributed by atoms with Crippen LogP contribution in [0.5, 0.6) is 0 Å². The molecular formula is C14H28N2O. The summed E-state index contributed by atoms with van der Waals surface area (Å²) in [6.07, 6.45) is 8.11. The van der Waals surface area contributed by atoms with E-state index in [0.29, 0.717) is 5.92 Å². The van der Waals surface area contributed by atoms with Crippen molar-refractivity contribution in [3.63, 3.8) is 0 Å². The first-order valence-electron chi connectivity index (χ1n) is 7.16. The molecule has 0 spiro atoms. The second-order valence-electron chi connectivity index (χ2n) is 5.63. The third-order valence-corrected chi connectivity index (χ3v) is 3.82. The van der Waals surface area contributed by atoms with E-state index >= 15 is 0 Å². The molecule has 1 fully saturated rings. The van der Waals surface area contributed by atoms with E-state index in [2.05, 4.69) is 19.2 Å². The predicted molar refractivity (Wildman–Crippen MR) is 71.6 cm³/mol. The van der Waals surface area contributed by atoms with Gasteiger partial charge in [-0.05, 0) is 31.1 Å². The Hall–Kier alpha value is -0.570. The molecule has 1 saturated carbocycles. The van der Waals surface area contributed by atoms with E-state index in [1.165, 1.54) is 25.7 Å². The highest BCUT2D eigenvalue weighted by atomic mass is 16.2. The summed E-state index contributed by atoms with van der Waals surface area (Å²) in [4.78, 5) is 11.7. The topological polar surface area (TPSA) is 55.1 Å². The number of rotatable bonds is 6. The number of unbranched alkanes of at least 4 members (excludes halogenated alkanes) is 1. The molecule has 1 rings (SSSR count). The zero-order chi connectivity index (χ0) is 12.7. The molecule has 3 N–H and O–H groups in total. The number of nitrogens with one attached hydrogen (secondary N) is 1. The molecule has 0 aliphatic heterocycles. The third-order valence-electron chi connectivity index (χ3n) is 3.82. The van der Waals surface area contributed by atoms with E-state index in [9.17, 15) is 4.79 Å². The Labute approximate surface area is 106 Å². The number of hydrogen-bond acceptors (Lipinski definition) is 2. The lowest BCUT2D eigenvalue weighted by molar-refractivity contribution is -0.122. The third kappa shape index (κ3) is 5.53. The van der Waals surface area contributed by atoms with Gasteiger partial charge < -0.3 is 11.1 Å². The van der Waals surface area contributed by atoms with Gasteiger partial charge in [-0.2, -0.15) is 0 Å². The maximum absolute atomic E-state index is 11.7. The van der Waals surface area contributed by atoms with E-state index < -0.39 is 0 Å². The maximum Gasteiger partial charge on any atom is 0.236 e. The quantitative estimate of drug-likeness (QED) is 0.749. The van der Waals surface area contributed by atoms with Gasteiger partial charge in [-0.1, -0.05) is 39.5 Å². The second kappa shape index (κ2) is 7.70. The van der Waals surface area contributed by atoms with Crippen LogP contribution >= 0.6 is 0 Å². The number of amides is 1. The maximum atomic E-state index is 11.7. The number of nitrogens with two attached hydrogens (primary N) is 1. The summed E-state index contributed by atoms with van der Waals surface area (Å²) >= 11 is 0. The van der Waals surface area contributed by atoms with Gasteiger partial charge in [0.15, 0.2) is 0 Å². The Kier molecular flexibility index (Phi) is 6.56. The van der Waals surface area contributed by atoms with E-state index in [0.717, 1.165) is 31.7 Å². The average molecular weight is 240 g/mol. The minimum Gasteiger partial charge on any atom is -0.354 e. The van der Waals surface area contributed by atoms with Crippen LogP contribution in [0.1, 0.15) is 58.8 Å². The van der Waals surface area contributed by atoms with Crippen molar-refractivity contribution in [1.29, 1.82) is 0 Å². The first-order valence-corrected chi connectivity index (χ1v) is 7.16. The van der Waals surface area contributed by atoms with Gasteiger partial charge in [0, 0.05) is 6.54 Å². The van der Waals surface area contributed by atoms with Crippen LogP contribution < -0.4 is 11.1 Å². The SMILES string of the molecule is CCCC[C@H](N)C(=O)NCC1CCCC(C)C1. The Morgan fingerprint density at radius 3 is 2.88 bits per heavy atom. The Bertz CT molecular complexity index is 230. The summed E-state index contributed by atoms with van der Waals surface area (Å²) in [6.45, 7) is 5.25. The van der Waals surface area contributed by atoms with Crippen molar-refractivity contribution >= 4 is 5.91 Å². The number of carbonyl (C=O) groups is 1. The summed E-state index contributed by atoms with van der Waals surface area (Å²) in [5, 5.41) is 3.02. The van der Waals surface area contributed by atoms with Crippen molar-refractivity contribution in [3.8, 4) is 0 Å². The fourth-order valence-electron chi connectivity index (χ4n) is 2.68. The molecule has 1 amide bonds. The predicted octanol–water partition coefficient (Wildman–Crippen LogP) is 2.45. The Balaban J connectivity index is 2.18. The van der Waals surface area contributed by atoms with Crippen LogP contribution in [-0.2, 0) is 4.79 Å². The molecule has 3 heteroatoms. The molecule has 0 saturated heterocycles. The van der Waals surface area contributed by atoms with Crippen LogP contribution in [0.25, 0.3) is 0 Å². The Morgan fingerprint density at radius 2 is 2.24 bits per heavy atom. The van der Waals surface area contributed by atoms with Crippen molar-refractivity contribution in [1.82, 2.24) is 5.32 Å². The molecule has 3 nitrogen and oxygen atoms in total. The van der Waals surface area contributed by atoms with E-state index in [1.807, 2.05) is 0 Å². The van der Waals surface area contributed by atoms with Crippen molar-refractivity contribution in [2.45, 2.75) is 64.8 Å². The van der Waals surface area contributed by atoms with Crippen LogP contribution in [0.15, 0.2) is 0 Å². The van der Waals surface area contributed by atoms with Gasteiger partial charge in [0.25, 0.3) is 0 Å². The van der Waals surface area contributed by atoms with Crippen molar-refractivity contribution in [3.05, 3.63) is 0 Å². The first kappa shape index (κ1) is 14.5. The molecule has 0 radical (unpaired) electrons. The van der Waals surface area contributed by atoms with Gasteiger partial charge in [-0.15, -0.1) is 0 Å². The van der Waals surface area contributed by atoms with Gasteiger partial charge in [-0.3, -0.25) is 4.79 Å². The van der Waals surface area contributed by atoms with Gasteiger partial charge in [0.1, 0.15) is 0 Å². The van der Waals surface area contributed by atoms with E-state index in [1.54, 1.807) is 0 Å². The van der Waals surface area contributed by atoms with E-state index in [4.69, 9.17) is 5.73 Å². The molecule has 0 bridgehead atoms. The Morgan fingerprint density at radius 1 is 1.47 bits per heavy atom. The largest absolute Gasteiger partial charge is 0.354 e. The van der Waals surface area contributed by atoms with Crippen molar-refractivity contribution in [2.75, 3.05) is 6.54 Å². The summed E-state index contributed by atoms with van der Waals surface area (Å²) in [5.74, 6) is 1.53. The summed E-state index contributed by atoms with van der Waals surface area (Å²) in [6, 6.07) is -0.309. The lowest BCUT2D eigenvalue weighted by atomic mass is 9.82. The summed E-state index contributed by atoms with van der Waals surface area (Å²) in [7, 11) is 0. The van der Waals surface area contributed by atoms with Gasteiger partial charge in [-0.25, -0.2) is 0 Å². The lowest BCUT2D eigenvalue weighted by Gasteiger charge is -2.27. The van der Waals surface area contributed by atoms with Crippen LogP contribution in [0.3, 0.4) is 0 Å². The molecule has 100 valence electrons. The molecule has 0 heterocycles. The van der Waals surface area contributed by atoms with E-state index in [-0.39, 0.29) is 11.9 Å². The highest BCUT2D eigenvalue weighted by molar-refractivity contribution is 5.81. The molecule has 0 aromatic rings. The summed E-state index contributed by atoms with van der Waals surface area (Å²) in [5.41, 5.74) is 5.83. The zero-order valence-electron chi connectivity index (χ0n) is 11.4. The minimum absolute atomic E-state index is 0.0386.